The highest BCUT2D eigenvalue weighted by molar-refractivity contribution is 5.58. The monoisotopic (exact) mass is 250 g/mol. The Morgan fingerprint density at radius 2 is 1.67 bits per heavy atom. The van der Waals surface area contributed by atoms with E-state index in [1.165, 1.54) is 0 Å². The van der Waals surface area contributed by atoms with Crippen molar-refractivity contribution in [1.29, 1.82) is 0 Å². The molecule has 0 radical (unpaired) electrons. The van der Waals surface area contributed by atoms with Crippen LogP contribution in [0.3, 0.4) is 0 Å². The summed E-state index contributed by atoms with van der Waals surface area (Å²) in [4.78, 5) is 9.23. The molecule has 102 valence electrons. The van der Waals surface area contributed by atoms with Crippen molar-refractivity contribution in [1.82, 2.24) is 9.97 Å². The van der Waals surface area contributed by atoms with E-state index < -0.39 is 0 Å². The summed E-state index contributed by atoms with van der Waals surface area (Å²) >= 11 is 0. The molecule has 1 rings (SSSR count). The molecule has 1 aromatic heterocycles. The minimum absolute atomic E-state index is 0.00313. The van der Waals surface area contributed by atoms with Gasteiger partial charge in [0.05, 0.1) is 0 Å². The largest absolute Gasteiger partial charge is 0.370 e. The van der Waals surface area contributed by atoms with Crippen LogP contribution in [0.4, 0.5) is 11.6 Å². The Hall–Kier alpha value is -1.32. The molecule has 0 aliphatic rings. The van der Waals surface area contributed by atoms with Gasteiger partial charge in [-0.3, -0.25) is 0 Å². The van der Waals surface area contributed by atoms with Crippen LogP contribution in [0.5, 0.6) is 0 Å². The van der Waals surface area contributed by atoms with Gasteiger partial charge in [-0.15, -0.1) is 0 Å². The first kappa shape index (κ1) is 14.7. The Kier molecular flexibility index (Phi) is 4.54. The van der Waals surface area contributed by atoms with E-state index in [-0.39, 0.29) is 5.54 Å². The van der Waals surface area contributed by atoms with Crippen molar-refractivity contribution in [2.45, 2.75) is 59.9 Å². The second-order valence-electron chi connectivity index (χ2n) is 5.96. The predicted molar refractivity (Wildman–Crippen MR) is 78.4 cm³/mol. The Morgan fingerprint density at radius 1 is 1.11 bits per heavy atom. The molecule has 0 aliphatic heterocycles. The summed E-state index contributed by atoms with van der Waals surface area (Å²) in [5.74, 6) is 3.06. The fraction of sp³-hybridized carbons (Fsp3) is 0.714. The van der Waals surface area contributed by atoms with Crippen LogP contribution in [0.1, 0.15) is 58.8 Å². The molecule has 4 heteroatoms. The van der Waals surface area contributed by atoms with E-state index in [0.717, 1.165) is 29.6 Å². The minimum Gasteiger partial charge on any atom is -0.370 e. The number of rotatable bonds is 4. The maximum absolute atomic E-state index is 4.64. The van der Waals surface area contributed by atoms with Gasteiger partial charge in [-0.2, -0.15) is 0 Å². The average molecular weight is 250 g/mol. The first-order valence-corrected chi connectivity index (χ1v) is 6.65. The van der Waals surface area contributed by atoms with Gasteiger partial charge in [0.15, 0.2) is 0 Å². The molecule has 0 aromatic carbocycles. The van der Waals surface area contributed by atoms with Gasteiger partial charge >= 0.3 is 0 Å². The number of anilines is 2. The van der Waals surface area contributed by atoms with E-state index in [4.69, 9.17) is 0 Å². The first-order valence-electron chi connectivity index (χ1n) is 6.65. The average Bonchev–Trinajstić information content (AvgIpc) is 2.21. The highest BCUT2D eigenvalue weighted by Crippen LogP contribution is 2.25. The Bertz CT molecular complexity index is 405. The van der Waals surface area contributed by atoms with Crippen LogP contribution in [-0.4, -0.2) is 22.1 Å². The fourth-order valence-electron chi connectivity index (χ4n) is 1.61. The molecule has 0 aliphatic carbocycles. The third kappa shape index (κ3) is 3.86. The highest BCUT2D eigenvalue weighted by Gasteiger charge is 2.17. The molecule has 0 bridgehead atoms. The molecule has 0 unspecified atom stereocenters. The standard InChI is InChI=1S/C14H26N4/c1-8-15-12-10(4)13(18-14(5,6)7)17-11(16-12)9(2)3/h9H,8H2,1-7H3,(H2,15,16,17,18). The highest BCUT2D eigenvalue weighted by atomic mass is 15.1. The summed E-state index contributed by atoms with van der Waals surface area (Å²) < 4.78 is 0. The molecule has 0 saturated carbocycles. The fourth-order valence-corrected chi connectivity index (χ4v) is 1.61. The van der Waals surface area contributed by atoms with Crippen LogP contribution >= 0.6 is 0 Å². The second-order valence-corrected chi connectivity index (χ2v) is 5.96. The van der Waals surface area contributed by atoms with Crippen molar-refractivity contribution in [3.05, 3.63) is 11.4 Å². The van der Waals surface area contributed by atoms with Gasteiger partial charge < -0.3 is 10.6 Å². The molecule has 1 aromatic rings. The lowest BCUT2D eigenvalue weighted by Crippen LogP contribution is -2.28. The van der Waals surface area contributed by atoms with E-state index >= 15 is 0 Å². The molecule has 1 heterocycles. The van der Waals surface area contributed by atoms with E-state index in [1.54, 1.807) is 0 Å². The number of nitrogens with one attached hydrogen (secondary N) is 2. The maximum atomic E-state index is 4.64. The second kappa shape index (κ2) is 5.55. The van der Waals surface area contributed by atoms with Gasteiger partial charge in [0.1, 0.15) is 17.5 Å². The Morgan fingerprint density at radius 3 is 2.11 bits per heavy atom. The van der Waals surface area contributed by atoms with E-state index in [1.807, 2.05) is 0 Å². The molecular formula is C14H26N4. The smallest absolute Gasteiger partial charge is 0.135 e. The lowest BCUT2D eigenvalue weighted by molar-refractivity contribution is 0.626. The zero-order valence-electron chi connectivity index (χ0n) is 12.7. The molecule has 0 saturated heterocycles. The Balaban J connectivity index is 3.22. The van der Waals surface area contributed by atoms with Crippen LogP contribution in [0, 0.1) is 6.92 Å². The van der Waals surface area contributed by atoms with Crippen molar-refractivity contribution < 1.29 is 0 Å². The third-order valence-corrected chi connectivity index (χ3v) is 2.52. The van der Waals surface area contributed by atoms with Crippen molar-refractivity contribution >= 4 is 11.6 Å². The van der Waals surface area contributed by atoms with E-state index in [2.05, 4.69) is 69.1 Å². The van der Waals surface area contributed by atoms with E-state index in [0.29, 0.717) is 5.92 Å². The molecule has 0 fully saturated rings. The van der Waals surface area contributed by atoms with Gasteiger partial charge in [0.25, 0.3) is 0 Å². The number of hydrogen-bond donors (Lipinski definition) is 2. The summed E-state index contributed by atoms with van der Waals surface area (Å²) in [6.07, 6.45) is 0. The van der Waals surface area contributed by atoms with Crippen LogP contribution in [0.2, 0.25) is 0 Å². The van der Waals surface area contributed by atoms with Crippen molar-refractivity contribution in [2.24, 2.45) is 0 Å². The number of aromatic nitrogens is 2. The molecule has 0 spiro atoms. The summed E-state index contributed by atoms with van der Waals surface area (Å²) in [6.45, 7) is 15.6. The number of hydrogen-bond acceptors (Lipinski definition) is 4. The summed E-state index contributed by atoms with van der Waals surface area (Å²) in [5, 5.41) is 6.76. The van der Waals surface area contributed by atoms with E-state index in [9.17, 15) is 0 Å². The van der Waals surface area contributed by atoms with Crippen LogP contribution in [0.25, 0.3) is 0 Å². The molecule has 4 nitrogen and oxygen atoms in total. The Labute approximate surface area is 111 Å². The SMILES string of the molecule is CCNc1nc(C(C)C)nc(NC(C)(C)C)c1C. The van der Waals surface area contributed by atoms with Crippen molar-refractivity contribution in [2.75, 3.05) is 17.2 Å². The van der Waals surface area contributed by atoms with Crippen LogP contribution < -0.4 is 10.6 Å². The van der Waals surface area contributed by atoms with Crippen LogP contribution in [0.15, 0.2) is 0 Å². The zero-order chi connectivity index (χ0) is 13.9. The number of nitrogens with zero attached hydrogens (tertiary/aromatic N) is 2. The van der Waals surface area contributed by atoms with Crippen molar-refractivity contribution in [3.8, 4) is 0 Å². The molecule has 2 N–H and O–H groups in total. The van der Waals surface area contributed by atoms with Gasteiger partial charge in [0.2, 0.25) is 0 Å². The third-order valence-electron chi connectivity index (χ3n) is 2.52. The lowest BCUT2D eigenvalue weighted by atomic mass is 10.1. The zero-order valence-corrected chi connectivity index (χ0v) is 12.7. The normalized spacial score (nSPS) is 11.8. The maximum Gasteiger partial charge on any atom is 0.135 e. The molecular weight excluding hydrogens is 224 g/mol. The van der Waals surface area contributed by atoms with Crippen molar-refractivity contribution in [3.63, 3.8) is 0 Å². The summed E-state index contributed by atoms with van der Waals surface area (Å²) in [6, 6.07) is 0. The van der Waals surface area contributed by atoms with Gasteiger partial charge in [0, 0.05) is 23.6 Å². The summed E-state index contributed by atoms with van der Waals surface area (Å²) in [7, 11) is 0. The summed E-state index contributed by atoms with van der Waals surface area (Å²) in [5.41, 5.74) is 1.08. The topological polar surface area (TPSA) is 49.8 Å². The quantitative estimate of drug-likeness (QED) is 0.858. The van der Waals surface area contributed by atoms with Gasteiger partial charge in [-0.1, -0.05) is 13.8 Å². The van der Waals surface area contributed by atoms with Gasteiger partial charge in [-0.25, -0.2) is 9.97 Å². The van der Waals surface area contributed by atoms with Crippen LogP contribution in [-0.2, 0) is 0 Å². The first-order chi connectivity index (χ1) is 8.24. The minimum atomic E-state index is -0.00313. The van der Waals surface area contributed by atoms with Gasteiger partial charge in [-0.05, 0) is 34.6 Å². The molecule has 18 heavy (non-hydrogen) atoms. The molecule has 0 amide bonds. The molecule has 0 atom stereocenters. The lowest BCUT2D eigenvalue weighted by Gasteiger charge is -2.24. The predicted octanol–water partition coefficient (Wildman–Crippen LogP) is 3.55.